The average Bonchev–Trinajstić information content (AvgIpc) is 3.02. The summed E-state index contributed by atoms with van der Waals surface area (Å²) >= 11 is 0. The third-order valence-electron chi connectivity index (χ3n) is 5.11. The number of aliphatic hydroxyl groups is 1. The van der Waals surface area contributed by atoms with Gasteiger partial charge in [0.15, 0.2) is 11.5 Å². The largest absolute Gasteiger partial charge is 0.507 e. The van der Waals surface area contributed by atoms with Crippen LogP contribution >= 0.6 is 0 Å². The van der Waals surface area contributed by atoms with Crippen LogP contribution < -0.4 is 9.47 Å². The Morgan fingerprint density at radius 3 is 2.63 bits per heavy atom. The molecular formula is C22H23N3O5. The Labute approximate surface area is 174 Å². The first-order valence-electron chi connectivity index (χ1n) is 9.71. The van der Waals surface area contributed by atoms with E-state index in [0.29, 0.717) is 49.1 Å². The van der Waals surface area contributed by atoms with Crippen LogP contribution in [-0.4, -0.2) is 72.0 Å². The second-order valence-electron chi connectivity index (χ2n) is 7.41. The van der Waals surface area contributed by atoms with Crippen molar-refractivity contribution in [1.29, 1.82) is 0 Å². The van der Waals surface area contributed by atoms with Crippen molar-refractivity contribution in [2.75, 3.05) is 40.4 Å². The van der Waals surface area contributed by atoms with E-state index in [0.717, 1.165) is 0 Å². The van der Waals surface area contributed by atoms with Gasteiger partial charge in [-0.05, 0) is 44.4 Å². The Kier molecular flexibility index (Phi) is 5.41. The second kappa shape index (κ2) is 8.16. The minimum atomic E-state index is -0.764. The lowest BCUT2D eigenvalue weighted by Crippen LogP contribution is -2.35. The van der Waals surface area contributed by atoms with E-state index in [2.05, 4.69) is 4.98 Å². The van der Waals surface area contributed by atoms with Crippen molar-refractivity contribution in [2.24, 2.45) is 0 Å². The van der Waals surface area contributed by atoms with Crippen molar-refractivity contribution >= 4 is 17.4 Å². The molecule has 1 saturated heterocycles. The number of aliphatic hydroxyl groups excluding tert-OH is 1. The summed E-state index contributed by atoms with van der Waals surface area (Å²) in [6.45, 7) is 1.76. The molecule has 4 rings (SSSR count). The highest BCUT2D eigenvalue weighted by Crippen LogP contribution is 2.40. The zero-order valence-electron chi connectivity index (χ0n) is 16.9. The van der Waals surface area contributed by atoms with Crippen LogP contribution in [0.3, 0.4) is 0 Å². The standard InChI is InChI=1S/C22H23N3O5/c1-24(2)9-10-25-19(15-5-3-4-8-23-15)18(21(27)22(25)28)20(26)14-6-7-16-17(13-14)30-12-11-29-16/h3-8,13,19,26H,9-12H2,1-2H3/t19-/m1/s1. The van der Waals surface area contributed by atoms with Gasteiger partial charge in [0.1, 0.15) is 25.0 Å². The monoisotopic (exact) mass is 409 g/mol. The summed E-state index contributed by atoms with van der Waals surface area (Å²) in [6, 6.07) is 9.48. The molecule has 0 saturated carbocycles. The van der Waals surface area contributed by atoms with Gasteiger partial charge in [-0.2, -0.15) is 0 Å². The summed E-state index contributed by atoms with van der Waals surface area (Å²) < 4.78 is 11.1. The van der Waals surface area contributed by atoms with Crippen LogP contribution in [0.4, 0.5) is 0 Å². The number of likely N-dealkylation sites (N-methyl/N-ethyl adjacent to an activating group) is 1. The van der Waals surface area contributed by atoms with Gasteiger partial charge >= 0.3 is 0 Å². The van der Waals surface area contributed by atoms with E-state index in [1.54, 1.807) is 42.6 Å². The number of ether oxygens (including phenoxy) is 2. The van der Waals surface area contributed by atoms with Gasteiger partial charge in [0.05, 0.1) is 11.3 Å². The van der Waals surface area contributed by atoms with Crippen LogP contribution in [-0.2, 0) is 9.59 Å². The number of hydrogen-bond acceptors (Lipinski definition) is 7. The number of nitrogens with zero attached hydrogens (tertiary/aromatic N) is 3. The lowest BCUT2D eigenvalue weighted by Gasteiger charge is -2.25. The van der Waals surface area contributed by atoms with Crippen LogP contribution in [0.25, 0.3) is 5.76 Å². The molecule has 1 aromatic heterocycles. The number of benzene rings is 1. The van der Waals surface area contributed by atoms with Crippen LogP contribution in [0.1, 0.15) is 17.3 Å². The summed E-state index contributed by atoms with van der Waals surface area (Å²) in [5, 5.41) is 11.1. The molecule has 0 radical (unpaired) electrons. The first kappa shape index (κ1) is 19.9. The third kappa shape index (κ3) is 3.61. The topological polar surface area (TPSA) is 92.2 Å². The van der Waals surface area contributed by atoms with Crippen molar-refractivity contribution in [3.8, 4) is 11.5 Å². The molecule has 0 bridgehead atoms. The van der Waals surface area contributed by atoms with Gasteiger partial charge < -0.3 is 24.4 Å². The maximum Gasteiger partial charge on any atom is 0.295 e. The molecule has 2 aliphatic rings. The molecule has 0 spiro atoms. The molecular weight excluding hydrogens is 386 g/mol. The van der Waals surface area contributed by atoms with Crippen LogP contribution in [0.15, 0.2) is 48.2 Å². The van der Waals surface area contributed by atoms with Gasteiger partial charge in [-0.3, -0.25) is 14.6 Å². The van der Waals surface area contributed by atoms with Crippen molar-refractivity contribution in [1.82, 2.24) is 14.8 Å². The van der Waals surface area contributed by atoms with E-state index in [1.807, 2.05) is 19.0 Å². The van der Waals surface area contributed by atoms with E-state index in [4.69, 9.17) is 9.47 Å². The molecule has 30 heavy (non-hydrogen) atoms. The van der Waals surface area contributed by atoms with Crippen LogP contribution in [0, 0.1) is 0 Å². The van der Waals surface area contributed by atoms with Gasteiger partial charge in [0.2, 0.25) is 0 Å². The first-order chi connectivity index (χ1) is 14.5. The predicted molar refractivity (Wildman–Crippen MR) is 109 cm³/mol. The average molecular weight is 409 g/mol. The zero-order valence-corrected chi connectivity index (χ0v) is 16.9. The number of Topliss-reactive ketones (excluding diaryl/α,β-unsaturated/α-hetero) is 1. The van der Waals surface area contributed by atoms with Gasteiger partial charge in [-0.15, -0.1) is 0 Å². The molecule has 1 amide bonds. The van der Waals surface area contributed by atoms with E-state index in [9.17, 15) is 14.7 Å². The number of carbonyl (C=O) groups is 2. The number of hydrogen-bond donors (Lipinski definition) is 1. The normalized spacial score (nSPS) is 20.1. The fourth-order valence-electron chi connectivity index (χ4n) is 3.61. The number of carbonyl (C=O) groups excluding carboxylic acids is 2. The van der Waals surface area contributed by atoms with Gasteiger partial charge in [0.25, 0.3) is 11.7 Å². The fourth-order valence-corrected chi connectivity index (χ4v) is 3.61. The van der Waals surface area contributed by atoms with Crippen molar-refractivity contribution in [3.05, 3.63) is 59.4 Å². The van der Waals surface area contributed by atoms with Gasteiger partial charge in [-0.1, -0.05) is 6.07 Å². The highest BCUT2D eigenvalue weighted by atomic mass is 16.6. The second-order valence-corrected chi connectivity index (χ2v) is 7.41. The Hall–Kier alpha value is -3.39. The minimum absolute atomic E-state index is 0.0223. The maximum atomic E-state index is 12.9. The molecule has 1 aromatic carbocycles. The minimum Gasteiger partial charge on any atom is -0.507 e. The highest BCUT2D eigenvalue weighted by Gasteiger charge is 2.46. The molecule has 1 atom stereocenters. The van der Waals surface area contributed by atoms with Crippen LogP contribution in [0.5, 0.6) is 11.5 Å². The van der Waals surface area contributed by atoms with Gasteiger partial charge in [-0.25, -0.2) is 0 Å². The molecule has 8 heteroatoms. The Morgan fingerprint density at radius 2 is 1.93 bits per heavy atom. The quantitative estimate of drug-likeness (QED) is 0.458. The third-order valence-corrected chi connectivity index (χ3v) is 5.11. The van der Waals surface area contributed by atoms with Crippen molar-refractivity contribution in [2.45, 2.75) is 6.04 Å². The highest BCUT2D eigenvalue weighted by molar-refractivity contribution is 6.46. The van der Waals surface area contributed by atoms with Crippen molar-refractivity contribution < 1.29 is 24.2 Å². The first-order valence-corrected chi connectivity index (χ1v) is 9.71. The van der Waals surface area contributed by atoms with E-state index < -0.39 is 17.7 Å². The number of amides is 1. The number of rotatable bonds is 5. The summed E-state index contributed by atoms with van der Waals surface area (Å²) in [6.07, 6.45) is 1.60. The molecule has 0 aliphatic carbocycles. The maximum absolute atomic E-state index is 12.9. The van der Waals surface area contributed by atoms with E-state index >= 15 is 0 Å². The number of pyridine rings is 1. The molecule has 8 nitrogen and oxygen atoms in total. The Bertz CT molecular complexity index is 1000. The van der Waals surface area contributed by atoms with Crippen molar-refractivity contribution in [3.63, 3.8) is 0 Å². The van der Waals surface area contributed by atoms with E-state index in [1.165, 1.54) is 4.90 Å². The number of fused-ring (bicyclic) bond motifs is 1. The summed E-state index contributed by atoms with van der Waals surface area (Å²) in [4.78, 5) is 33.5. The summed E-state index contributed by atoms with van der Waals surface area (Å²) in [5.41, 5.74) is 0.925. The SMILES string of the molecule is CN(C)CCN1C(=O)C(=O)C(=C(O)c2ccc3c(c2)OCCO3)[C@H]1c1ccccn1. The molecule has 2 aliphatic heterocycles. The Morgan fingerprint density at radius 1 is 1.17 bits per heavy atom. The van der Waals surface area contributed by atoms with Gasteiger partial charge in [0, 0.05) is 24.8 Å². The molecule has 1 N–H and O–H groups in total. The number of likely N-dealkylation sites (tertiary alicyclic amines) is 1. The lowest BCUT2D eigenvalue weighted by molar-refractivity contribution is -0.140. The molecule has 156 valence electrons. The summed E-state index contributed by atoms with van der Waals surface area (Å²) in [5.74, 6) is -0.566. The number of aromatic nitrogens is 1. The molecule has 3 heterocycles. The predicted octanol–water partition coefficient (Wildman–Crippen LogP) is 1.84. The molecule has 1 fully saturated rings. The number of ketones is 1. The van der Waals surface area contributed by atoms with E-state index in [-0.39, 0.29) is 11.3 Å². The fraction of sp³-hybridized carbons (Fsp3) is 0.318. The smallest absolute Gasteiger partial charge is 0.295 e. The lowest BCUT2D eigenvalue weighted by atomic mass is 9.98. The Balaban J connectivity index is 1.81. The molecule has 0 unspecified atom stereocenters. The van der Waals surface area contributed by atoms with Crippen LogP contribution in [0.2, 0.25) is 0 Å². The summed E-state index contributed by atoms with van der Waals surface area (Å²) in [7, 11) is 3.78. The zero-order chi connectivity index (χ0) is 21.3. The molecule has 2 aromatic rings.